The minimum atomic E-state index is 0.643. The van der Waals surface area contributed by atoms with Crippen molar-refractivity contribution in [3.05, 3.63) is 52.4 Å². The summed E-state index contributed by atoms with van der Waals surface area (Å²) in [5.74, 6) is 1.76. The first-order valence-corrected chi connectivity index (χ1v) is 10.4. The third-order valence-electron chi connectivity index (χ3n) is 4.79. The monoisotopic (exact) mass is 385 g/mol. The Kier molecular flexibility index (Phi) is 9.01. The van der Waals surface area contributed by atoms with E-state index in [4.69, 9.17) is 9.52 Å². The van der Waals surface area contributed by atoms with Crippen molar-refractivity contribution in [3.8, 4) is 0 Å². The van der Waals surface area contributed by atoms with E-state index in [1.807, 2.05) is 0 Å². The number of nitrogens with zero attached hydrogens (tertiary/aromatic N) is 3. The average Bonchev–Trinajstić information content (AvgIpc) is 3.12. The number of guanidine groups is 1. The number of nitrogens with one attached hydrogen (secondary N) is 2. The summed E-state index contributed by atoms with van der Waals surface area (Å²) in [5, 5.41) is 10.9. The Bertz CT molecular complexity index is 732. The summed E-state index contributed by atoms with van der Waals surface area (Å²) >= 11 is 0. The molecule has 0 spiro atoms. The summed E-state index contributed by atoms with van der Waals surface area (Å²) in [4.78, 5) is 7.06. The zero-order valence-corrected chi connectivity index (χ0v) is 18.0. The zero-order chi connectivity index (χ0) is 20.4. The van der Waals surface area contributed by atoms with Crippen LogP contribution in [0.4, 0.5) is 0 Å². The highest BCUT2D eigenvalue weighted by Crippen LogP contribution is 2.15. The summed E-state index contributed by atoms with van der Waals surface area (Å²) in [6, 6.07) is 8.66. The van der Waals surface area contributed by atoms with Crippen LogP contribution in [0.5, 0.6) is 0 Å². The molecule has 6 nitrogen and oxygen atoms in total. The molecular formula is C22H35N5O. The van der Waals surface area contributed by atoms with Gasteiger partial charge in [0.1, 0.15) is 5.76 Å². The normalized spacial score (nSPS) is 11.9. The lowest BCUT2D eigenvalue weighted by atomic mass is 10.1. The number of hydrogen-bond acceptors (Lipinski definition) is 4. The molecule has 0 amide bonds. The summed E-state index contributed by atoms with van der Waals surface area (Å²) in [6.07, 6.45) is 1.71. The standard InChI is InChI=1S/C22H35N5O/c1-6-20-19(21(7-2)28-26-20)15-25-22(23-8-3)24-14-17-11-10-12-18(13-17)16-27(5)9-4/h10-13H,6-9,14-16H2,1-5H3,(H2,23,24,25). The zero-order valence-electron chi connectivity index (χ0n) is 18.0. The summed E-state index contributed by atoms with van der Waals surface area (Å²) in [6.45, 7) is 12.6. The van der Waals surface area contributed by atoms with Crippen molar-refractivity contribution < 1.29 is 4.52 Å². The molecular weight excluding hydrogens is 350 g/mol. The fourth-order valence-electron chi connectivity index (χ4n) is 3.07. The van der Waals surface area contributed by atoms with Crippen molar-refractivity contribution in [2.45, 2.75) is 60.2 Å². The van der Waals surface area contributed by atoms with Gasteiger partial charge in [-0.3, -0.25) is 0 Å². The minimum absolute atomic E-state index is 0.643. The minimum Gasteiger partial charge on any atom is -0.361 e. The molecule has 2 aromatic rings. The van der Waals surface area contributed by atoms with Gasteiger partial charge in [0, 0.05) is 31.6 Å². The Labute approximate surface area is 169 Å². The molecule has 0 bridgehead atoms. The lowest BCUT2D eigenvalue weighted by Gasteiger charge is -2.14. The molecule has 0 saturated carbocycles. The van der Waals surface area contributed by atoms with Crippen LogP contribution in [-0.2, 0) is 32.5 Å². The van der Waals surface area contributed by atoms with Crippen LogP contribution < -0.4 is 10.6 Å². The number of rotatable bonds is 10. The third-order valence-corrected chi connectivity index (χ3v) is 4.79. The molecule has 2 N–H and O–H groups in total. The first-order valence-electron chi connectivity index (χ1n) is 10.4. The van der Waals surface area contributed by atoms with Crippen LogP contribution in [0, 0.1) is 0 Å². The molecule has 1 aromatic heterocycles. The molecule has 0 atom stereocenters. The summed E-state index contributed by atoms with van der Waals surface area (Å²) in [7, 11) is 2.14. The number of aliphatic imine (C=N–C) groups is 1. The second-order valence-corrected chi connectivity index (χ2v) is 6.94. The molecule has 0 aliphatic heterocycles. The van der Waals surface area contributed by atoms with E-state index in [-0.39, 0.29) is 0 Å². The Morgan fingerprint density at radius 3 is 2.57 bits per heavy atom. The lowest BCUT2D eigenvalue weighted by molar-refractivity contribution is 0.345. The van der Waals surface area contributed by atoms with Gasteiger partial charge < -0.3 is 20.1 Å². The number of benzene rings is 1. The molecule has 0 aliphatic rings. The van der Waals surface area contributed by atoms with Crippen molar-refractivity contribution in [3.63, 3.8) is 0 Å². The van der Waals surface area contributed by atoms with Crippen molar-refractivity contribution in [2.75, 3.05) is 20.1 Å². The van der Waals surface area contributed by atoms with Gasteiger partial charge in [-0.05, 0) is 38.1 Å². The fraction of sp³-hybridized carbons (Fsp3) is 0.545. The molecule has 154 valence electrons. The first kappa shape index (κ1) is 22.0. The Morgan fingerprint density at radius 1 is 1.11 bits per heavy atom. The highest BCUT2D eigenvalue weighted by Gasteiger charge is 2.13. The highest BCUT2D eigenvalue weighted by atomic mass is 16.5. The molecule has 0 radical (unpaired) electrons. The molecule has 0 unspecified atom stereocenters. The highest BCUT2D eigenvalue weighted by molar-refractivity contribution is 5.79. The van der Waals surface area contributed by atoms with Crippen LogP contribution in [0.2, 0.25) is 0 Å². The van der Waals surface area contributed by atoms with Crippen molar-refractivity contribution in [2.24, 2.45) is 4.99 Å². The quantitative estimate of drug-likeness (QED) is 0.484. The van der Waals surface area contributed by atoms with Gasteiger partial charge in [-0.25, -0.2) is 4.99 Å². The van der Waals surface area contributed by atoms with Gasteiger partial charge in [0.25, 0.3) is 0 Å². The maximum absolute atomic E-state index is 5.46. The topological polar surface area (TPSA) is 65.7 Å². The second kappa shape index (κ2) is 11.5. The van der Waals surface area contributed by atoms with Crippen LogP contribution in [0.3, 0.4) is 0 Å². The summed E-state index contributed by atoms with van der Waals surface area (Å²) < 4.78 is 5.46. The Hall–Kier alpha value is -2.34. The van der Waals surface area contributed by atoms with Gasteiger partial charge in [-0.1, -0.05) is 50.2 Å². The van der Waals surface area contributed by atoms with Crippen LogP contribution in [-0.4, -0.2) is 36.2 Å². The van der Waals surface area contributed by atoms with E-state index in [0.29, 0.717) is 13.1 Å². The van der Waals surface area contributed by atoms with Gasteiger partial charge in [0.05, 0.1) is 12.2 Å². The molecule has 28 heavy (non-hydrogen) atoms. The predicted octanol–water partition coefficient (Wildman–Crippen LogP) is 3.51. The molecule has 0 fully saturated rings. The van der Waals surface area contributed by atoms with E-state index in [1.54, 1.807) is 0 Å². The third kappa shape index (κ3) is 6.37. The van der Waals surface area contributed by atoms with E-state index in [2.05, 4.69) is 79.7 Å². The van der Waals surface area contributed by atoms with Gasteiger partial charge in [-0.2, -0.15) is 0 Å². The van der Waals surface area contributed by atoms with E-state index >= 15 is 0 Å². The van der Waals surface area contributed by atoms with Gasteiger partial charge >= 0.3 is 0 Å². The van der Waals surface area contributed by atoms with Gasteiger partial charge in [-0.15, -0.1) is 0 Å². The number of aryl methyl sites for hydroxylation is 2. The molecule has 0 aliphatic carbocycles. The number of hydrogen-bond donors (Lipinski definition) is 2. The number of aromatic nitrogens is 1. The van der Waals surface area contributed by atoms with E-state index in [0.717, 1.165) is 55.5 Å². The Morgan fingerprint density at radius 2 is 1.89 bits per heavy atom. The SMILES string of the molecule is CCNC(=NCc1cccc(CN(C)CC)c1)NCc1c(CC)noc1CC. The predicted molar refractivity (Wildman–Crippen MR) is 115 cm³/mol. The van der Waals surface area contributed by atoms with E-state index in [1.165, 1.54) is 11.1 Å². The Balaban J connectivity index is 2.04. The molecule has 1 heterocycles. The van der Waals surface area contributed by atoms with Crippen LogP contribution in [0.25, 0.3) is 0 Å². The molecule has 0 saturated heterocycles. The lowest BCUT2D eigenvalue weighted by Crippen LogP contribution is -2.37. The van der Waals surface area contributed by atoms with Gasteiger partial charge in [0.2, 0.25) is 0 Å². The van der Waals surface area contributed by atoms with E-state index < -0.39 is 0 Å². The smallest absolute Gasteiger partial charge is 0.191 e. The second-order valence-electron chi connectivity index (χ2n) is 6.94. The fourth-order valence-corrected chi connectivity index (χ4v) is 3.07. The van der Waals surface area contributed by atoms with E-state index in [9.17, 15) is 0 Å². The van der Waals surface area contributed by atoms with Crippen molar-refractivity contribution >= 4 is 5.96 Å². The molecule has 6 heteroatoms. The van der Waals surface area contributed by atoms with Crippen molar-refractivity contribution in [1.82, 2.24) is 20.7 Å². The summed E-state index contributed by atoms with van der Waals surface area (Å²) in [5.41, 5.74) is 4.71. The van der Waals surface area contributed by atoms with Crippen LogP contribution >= 0.6 is 0 Å². The molecule has 1 aromatic carbocycles. The largest absolute Gasteiger partial charge is 0.361 e. The van der Waals surface area contributed by atoms with Crippen molar-refractivity contribution in [1.29, 1.82) is 0 Å². The van der Waals surface area contributed by atoms with Gasteiger partial charge in [0.15, 0.2) is 5.96 Å². The average molecular weight is 386 g/mol. The van der Waals surface area contributed by atoms with Crippen LogP contribution in [0.15, 0.2) is 33.8 Å². The first-order chi connectivity index (χ1) is 13.6. The van der Waals surface area contributed by atoms with Crippen LogP contribution in [0.1, 0.15) is 55.8 Å². The molecule has 2 rings (SSSR count). The maximum atomic E-state index is 5.46. The maximum Gasteiger partial charge on any atom is 0.191 e.